The molecule has 0 radical (unpaired) electrons. The largest absolute Gasteiger partial charge is 0.345 e. The average molecular weight is 443 g/mol. The van der Waals surface area contributed by atoms with E-state index < -0.39 is 16.0 Å². The molecular formula is C20H18N4O4S2. The monoisotopic (exact) mass is 442 g/mol. The first kappa shape index (κ1) is 20.2. The van der Waals surface area contributed by atoms with Gasteiger partial charge in [-0.05, 0) is 17.7 Å². The van der Waals surface area contributed by atoms with Crippen LogP contribution in [0.2, 0.25) is 0 Å². The summed E-state index contributed by atoms with van der Waals surface area (Å²) in [7, 11) is -3.60. The van der Waals surface area contributed by atoms with Crippen LogP contribution in [0.3, 0.4) is 0 Å². The van der Waals surface area contributed by atoms with Crippen molar-refractivity contribution in [2.24, 2.45) is 4.99 Å². The molecule has 8 nitrogen and oxygen atoms in total. The third-order valence-electron chi connectivity index (χ3n) is 4.36. The van der Waals surface area contributed by atoms with Crippen LogP contribution in [0.25, 0.3) is 11.0 Å². The van der Waals surface area contributed by atoms with Crippen molar-refractivity contribution in [2.75, 3.05) is 6.26 Å². The normalized spacial score (nSPS) is 12.5. The Morgan fingerprint density at radius 3 is 2.80 bits per heavy atom. The molecule has 1 N–H and O–H groups in total. The molecule has 30 heavy (non-hydrogen) atoms. The number of nitrogens with one attached hydrogen (secondary N) is 1. The first-order valence-corrected chi connectivity index (χ1v) is 11.7. The van der Waals surface area contributed by atoms with Crippen molar-refractivity contribution in [2.45, 2.75) is 13.2 Å². The molecule has 0 aliphatic heterocycles. The van der Waals surface area contributed by atoms with Crippen LogP contribution >= 0.6 is 11.3 Å². The van der Waals surface area contributed by atoms with Gasteiger partial charge in [-0.25, -0.2) is 4.98 Å². The van der Waals surface area contributed by atoms with Crippen LogP contribution in [-0.2, 0) is 27.5 Å². The zero-order valence-electron chi connectivity index (χ0n) is 16.0. The zero-order valence-corrected chi connectivity index (χ0v) is 17.6. The van der Waals surface area contributed by atoms with Gasteiger partial charge in [0, 0.05) is 23.2 Å². The van der Waals surface area contributed by atoms with E-state index in [2.05, 4.69) is 15.0 Å². The van der Waals surface area contributed by atoms with E-state index in [0.29, 0.717) is 33.6 Å². The van der Waals surface area contributed by atoms with E-state index in [1.807, 2.05) is 30.3 Å². The highest BCUT2D eigenvalue weighted by Crippen LogP contribution is 2.17. The van der Waals surface area contributed by atoms with Crippen LogP contribution < -0.4 is 4.80 Å². The number of aromatic nitrogens is 3. The third-order valence-corrected chi connectivity index (χ3v) is 5.82. The van der Waals surface area contributed by atoms with E-state index in [4.69, 9.17) is 4.18 Å². The van der Waals surface area contributed by atoms with Crippen LogP contribution in [0.1, 0.15) is 21.6 Å². The lowest BCUT2D eigenvalue weighted by atomic mass is 10.2. The molecular weight excluding hydrogens is 424 g/mol. The topological polar surface area (TPSA) is 106 Å². The maximum absolute atomic E-state index is 12.9. The molecule has 0 unspecified atom stereocenters. The Labute approximate surface area is 176 Å². The van der Waals surface area contributed by atoms with Crippen molar-refractivity contribution < 1.29 is 17.4 Å². The standard InChI is InChI=1S/C20H18N4O4S2/c1-30(26,27)28-12-15-13-29-20(24(15)11-14-6-3-2-4-7-14)23-19(25)17-10-22-18-16(17)8-5-9-21-18/h2-10,13H,11-12H2,1H3,(H,21,22). The summed E-state index contributed by atoms with van der Waals surface area (Å²) in [5, 5.41) is 2.44. The van der Waals surface area contributed by atoms with Gasteiger partial charge in [0.25, 0.3) is 16.0 Å². The van der Waals surface area contributed by atoms with E-state index in [9.17, 15) is 13.2 Å². The average Bonchev–Trinajstić information content (AvgIpc) is 3.31. The van der Waals surface area contributed by atoms with Crippen LogP contribution in [-0.4, -0.2) is 35.1 Å². The fourth-order valence-electron chi connectivity index (χ4n) is 2.95. The van der Waals surface area contributed by atoms with Gasteiger partial charge in [-0.2, -0.15) is 13.4 Å². The number of benzene rings is 1. The van der Waals surface area contributed by atoms with Crippen molar-refractivity contribution >= 4 is 38.4 Å². The number of carbonyl (C=O) groups excluding carboxylic acids is 1. The maximum Gasteiger partial charge on any atom is 0.281 e. The molecule has 4 rings (SSSR count). The lowest BCUT2D eigenvalue weighted by Gasteiger charge is -2.09. The van der Waals surface area contributed by atoms with Gasteiger partial charge >= 0.3 is 0 Å². The molecule has 1 amide bonds. The molecule has 4 aromatic rings. The van der Waals surface area contributed by atoms with Gasteiger partial charge in [0.15, 0.2) is 4.80 Å². The number of carbonyl (C=O) groups is 1. The summed E-state index contributed by atoms with van der Waals surface area (Å²) < 4.78 is 29.6. The second kappa shape index (κ2) is 8.34. The maximum atomic E-state index is 12.9. The molecule has 0 fully saturated rings. The number of fused-ring (bicyclic) bond motifs is 1. The number of rotatable bonds is 6. The Hall–Kier alpha value is -3.08. The minimum Gasteiger partial charge on any atom is -0.345 e. The van der Waals surface area contributed by atoms with Gasteiger partial charge in [-0.15, -0.1) is 11.3 Å². The third kappa shape index (κ3) is 4.56. The molecule has 0 aliphatic rings. The van der Waals surface area contributed by atoms with Gasteiger partial charge in [0.2, 0.25) is 0 Å². The molecule has 3 aromatic heterocycles. The summed E-state index contributed by atoms with van der Waals surface area (Å²) in [5.74, 6) is -0.409. The predicted molar refractivity (Wildman–Crippen MR) is 113 cm³/mol. The van der Waals surface area contributed by atoms with E-state index in [1.165, 1.54) is 11.3 Å². The SMILES string of the molecule is CS(=O)(=O)OCc1csc(=NC(=O)c2c[nH]c3ncccc23)n1Cc1ccccc1. The Morgan fingerprint density at radius 2 is 2.03 bits per heavy atom. The zero-order chi connectivity index (χ0) is 21.1. The minimum absolute atomic E-state index is 0.136. The Balaban J connectivity index is 1.74. The number of aromatic amines is 1. The number of nitrogens with zero attached hydrogens (tertiary/aromatic N) is 3. The molecule has 0 bridgehead atoms. The summed E-state index contributed by atoms with van der Waals surface area (Å²) in [6.07, 6.45) is 4.23. The summed E-state index contributed by atoms with van der Waals surface area (Å²) in [6, 6.07) is 13.2. The van der Waals surface area contributed by atoms with E-state index in [0.717, 1.165) is 11.8 Å². The Bertz CT molecular complexity index is 1370. The predicted octanol–water partition coefficient (Wildman–Crippen LogP) is 2.69. The van der Waals surface area contributed by atoms with E-state index in [-0.39, 0.29) is 6.61 Å². The lowest BCUT2D eigenvalue weighted by molar-refractivity contribution is 0.0999. The summed E-state index contributed by atoms with van der Waals surface area (Å²) in [5.41, 5.74) is 2.64. The number of thiazole rings is 1. The van der Waals surface area contributed by atoms with Crippen molar-refractivity contribution in [1.29, 1.82) is 0 Å². The number of amides is 1. The fraction of sp³-hybridized carbons (Fsp3) is 0.150. The molecule has 10 heteroatoms. The van der Waals surface area contributed by atoms with Crippen molar-refractivity contribution in [3.8, 4) is 0 Å². The molecule has 0 aliphatic carbocycles. The van der Waals surface area contributed by atoms with Crippen molar-refractivity contribution in [3.63, 3.8) is 0 Å². The number of pyridine rings is 1. The molecule has 0 saturated carbocycles. The van der Waals surface area contributed by atoms with Gasteiger partial charge < -0.3 is 9.55 Å². The van der Waals surface area contributed by atoms with Gasteiger partial charge in [0.05, 0.1) is 24.1 Å². The second-order valence-electron chi connectivity index (χ2n) is 6.57. The Morgan fingerprint density at radius 1 is 1.23 bits per heavy atom. The summed E-state index contributed by atoms with van der Waals surface area (Å²) >= 11 is 1.25. The molecule has 0 saturated heterocycles. The van der Waals surface area contributed by atoms with Crippen molar-refractivity contribution in [1.82, 2.24) is 14.5 Å². The van der Waals surface area contributed by atoms with E-state index in [1.54, 1.807) is 34.5 Å². The highest BCUT2D eigenvalue weighted by molar-refractivity contribution is 7.85. The quantitative estimate of drug-likeness (QED) is 0.462. The first-order chi connectivity index (χ1) is 14.4. The highest BCUT2D eigenvalue weighted by Gasteiger charge is 2.14. The summed E-state index contributed by atoms with van der Waals surface area (Å²) in [4.78, 5) is 24.8. The molecule has 3 heterocycles. The van der Waals surface area contributed by atoms with Crippen LogP contribution in [0, 0.1) is 0 Å². The van der Waals surface area contributed by atoms with Crippen LogP contribution in [0.4, 0.5) is 0 Å². The molecule has 154 valence electrons. The lowest BCUT2D eigenvalue weighted by Crippen LogP contribution is -2.21. The Kier molecular flexibility index (Phi) is 5.62. The van der Waals surface area contributed by atoms with Gasteiger partial charge in [-0.3, -0.25) is 8.98 Å². The van der Waals surface area contributed by atoms with Gasteiger partial charge in [0.1, 0.15) is 12.3 Å². The van der Waals surface area contributed by atoms with Crippen molar-refractivity contribution in [3.05, 3.63) is 81.9 Å². The number of hydrogen-bond donors (Lipinski definition) is 1. The first-order valence-electron chi connectivity index (χ1n) is 8.97. The molecule has 0 atom stereocenters. The second-order valence-corrected chi connectivity index (χ2v) is 9.05. The number of H-pyrrole nitrogens is 1. The van der Waals surface area contributed by atoms with Gasteiger partial charge in [-0.1, -0.05) is 30.3 Å². The number of hydrogen-bond acceptors (Lipinski definition) is 6. The highest BCUT2D eigenvalue weighted by atomic mass is 32.2. The fourth-order valence-corrected chi connectivity index (χ4v) is 4.17. The minimum atomic E-state index is -3.60. The van der Waals surface area contributed by atoms with Crippen LogP contribution in [0.15, 0.2) is 65.2 Å². The van der Waals surface area contributed by atoms with E-state index >= 15 is 0 Å². The van der Waals surface area contributed by atoms with Crippen LogP contribution in [0.5, 0.6) is 0 Å². The molecule has 0 spiro atoms. The molecule has 1 aromatic carbocycles. The summed E-state index contributed by atoms with van der Waals surface area (Å²) in [6.45, 7) is 0.289. The smallest absolute Gasteiger partial charge is 0.281 e.